The van der Waals surface area contributed by atoms with Crippen LogP contribution in [0, 0.1) is 0 Å². The summed E-state index contributed by atoms with van der Waals surface area (Å²) in [6.45, 7) is 0.675. The zero-order valence-electron chi connectivity index (χ0n) is 5.86. The zero-order valence-corrected chi connectivity index (χ0v) is 7.49. The Morgan fingerprint density at radius 3 is 2.55 bits per heavy atom. The number of aryl methyl sites for hydroxylation is 1. The minimum Gasteiger partial charge on any atom is -0.330 e. The van der Waals surface area contributed by atoms with Gasteiger partial charge >= 0.3 is 0 Å². The Kier molecular flexibility index (Phi) is 9.27. The van der Waals surface area contributed by atoms with Crippen molar-refractivity contribution in [1.82, 2.24) is 20.6 Å². The van der Waals surface area contributed by atoms with E-state index in [0.29, 0.717) is 6.54 Å². The van der Waals surface area contributed by atoms with E-state index in [-0.39, 0.29) is 24.8 Å². The number of aromatic nitrogens is 4. The molecule has 3 N–H and O–H groups in total. The summed E-state index contributed by atoms with van der Waals surface area (Å²) in [7, 11) is 0. The van der Waals surface area contributed by atoms with Crippen molar-refractivity contribution in [2.75, 3.05) is 6.54 Å². The van der Waals surface area contributed by atoms with Crippen LogP contribution >= 0.6 is 24.8 Å². The molecule has 0 aliphatic carbocycles. The van der Waals surface area contributed by atoms with E-state index >= 15 is 0 Å². The van der Waals surface area contributed by atoms with Gasteiger partial charge in [0.05, 0.1) is 0 Å². The van der Waals surface area contributed by atoms with Crippen LogP contribution in [-0.2, 0) is 6.42 Å². The highest BCUT2D eigenvalue weighted by molar-refractivity contribution is 5.85. The molecule has 0 radical (unpaired) electrons. The van der Waals surface area contributed by atoms with Crippen molar-refractivity contribution in [2.24, 2.45) is 5.73 Å². The highest BCUT2D eigenvalue weighted by atomic mass is 35.5. The number of nitrogens with zero attached hydrogens (tertiary/aromatic N) is 3. The topological polar surface area (TPSA) is 80.5 Å². The molecular formula is C4H11Cl2N5. The lowest BCUT2D eigenvalue weighted by Gasteiger charge is -1.86. The third-order valence-corrected chi connectivity index (χ3v) is 0.994. The SMILES string of the molecule is Cl.Cl.NCCCc1nn[nH]n1. The third kappa shape index (κ3) is 4.94. The van der Waals surface area contributed by atoms with Crippen LogP contribution in [-0.4, -0.2) is 27.2 Å². The van der Waals surface area contributed by atoms with Crippen molar-refractivity contribution < 1.29 is 0 Å². The highest BCUT2D eigenvalue weighted by Crippen LogP contribution is 1.87. The van der Waals surface area contributed by atoms with Gasteiger partial charge in [-0.2, -0.15) is 5.21 Å². The molecule has 1 aromatic rings. The van der Waals surface area contributed by atoms with Crippen molar-refractivity contribution in [3.63, 3.8) is 0 Å². The smallest absolute Gasteiger partial charge is 0.174 e. The van der Waals surface area contributed by atoms with Crippen LogP contribution < -0.4 is 5.73 Å². The molecule has 1 aromatic heterocycles. The molecule has 0 aliphatic heterocycles. The Morgan fingerprint density at radius 2 is 2.09 bits per heavy atom. The van der Waals surface area contributed by atoms with Gasteiger partial charge in [-0.25, -0.2) is 0 Å². The first-order valence-corrected chi connectivity index (χ1v) is 2.86. The van der Waals surface area contributed by atoms with Crippen LogP contribution in [0.2, 0.25) is 0 Å². The van der Waals surface area contributed by atoms with Crippen LogP contribution in [0.5, 0.6) is 0 Å². The second-order valence-electron chi connectivity index (χ2n) is 1.72. The summed E-state index contributed by atoms with van der Waals surface area (Å²) in [5.41, 5.74) is 5.26. The summed E-state index contributed by atoms with van der Waals surface area (Å²) in [5, 5.41) is 13.3. The molecule has 0 atom stereocenters. The number of nitrogens with one attached hydrogen (secondary N) is 1. The quantitative estimate of drug-likeness (QED) is 0.715. The fourth-order valence-electron chi connectivity index (χ4n) is 0.549. The maximum absolute atomic E-state index is 5.26. The van der Waals surface area contributed by atoms with E-state index in [1.54, 1.807) is 0 Å². The van der Waals surface area contributed by atoms with Crippen molar-refractivity contribution in [3.8, 4) is 0 Å². The van der Waals surface area contributed by atoms with E-state index < -0.39 is 0 Å². The van der Waals surface area contributed by atoms with Gasteiger partial charge in [-0.15, -0.1) is 35.0 Å². The molecule has 11 heavy (non-hydrogen) atoms. The van der Waals surface area contributed by atoms with E-state index in [9.17, 15) is 0 Å². The zero-order chi connectivity index (χ0) is 6.53. The summed E-state index contributed by atoms with van der Waals surface area (Å²) in [4.78, 5) is 0. The van der Waals surface area contributed by atoms with E-state index in [4.69, 9.17) is 5.73 Å². The number of hydrogen-bond donors (Lipinski definition) is 2. The van der Waals surface area contributed by atoms with Gasteiger partial charge in [-0.05, 0) is 13.0 Å². The number of aromatic amines is 1. The predicted octanol–water partition coefficient (Wildman–Crippen LogP) is -0.0654. The molecule has 0 amide bonds. The molecule has 7 heteroatoms. The minimum absolute atomic E-state index is 0. The molecule has 0 spiro atoms. The normalized spacial score (nSPS) is 8.09. The van der Waals surface area contributed by atoms with Gasteiger partial charge in [0.25, 0.3) is 0 Å². The Labute approximate surface area is 76.9 Å². The average Bonchev–Trinajstić information content (AvgIpc) is 2.34. The molecule has 1 rings (SSSR count). The number of rotatable bonds is 3. The molecule has 5 nitrogen and oxygen atoms in total. The standard InChI is InChI=1S/C4H9N5.2ClH/c5-3-1-2-4-6-8-9-7-4;;/h1-3,5H2,(H,6,7,8,9);2*1H. The van der Waals surface area contributed by atoms with E-state index in [1.165, 1.54) is 0 Å². The lowest BCUT2D eigenvalue weighted by molar-refractivity contribution is 0.783. The predicted molar refractivity (Wildman–Crippen MR) is 46.0 cm³/mol. The molecular weight excluding hydrogens is 189 g/mol. The van der Waals surface area contributed by atoms with Crippen LogP contribution in [0.25, 0.3) is 0 Å². The number of nitrogens with two attached hydrogens (primary N) is 1. The van der Waals surface area contributed by atoms with Gasteiger partial charge in [0.15, 0.2) is 5.82 Å². The van der Waals surface area contributed by atoms with Gasteiger partial charge in [-0.3, -0.25) is 0 Å². The largest absolute Gasteiger partial charge is 0.330 e. The maximum Gasteiger partial charge on any atom is 0.174 e. The van der Waals surface area contributed by atoms with Crippen molar-refractivity contribution >= 4 is 24.8 Å². The summed E-state index contributed by atoms with van der Waals surface area (Å²) >= 11 is 0. The lowest BCUT2D eigenvalue weighted by atomic mass is 10.3. The van der Waals surface area contributed by atoms with Crippen LogP contribution in [0.4, 0.5) is 0 Å². The average molecular weight is 200 g/mol. The Bertz CT molecular complexity index is 154. The fourth-order valence-corrected chi connectivity index (χ4v) is 0.549. The van der Waals surface area contributed by atoms with Crippen LogP contribution in [0.1, 0.15) is 12.2 Å². The van der Waals surface area contributed by atoms with Gasteiger partial charge in [0.2, 0.25) is 0 Å². The molecule has 0 fully saturated rings. The minimum atomic E-state index is 0. The molecule has 0 saturated heterocycles. The summed E-state index contributed by atoms with van der Waals surface area (Å²) in [6.07, 6.45) is 1.73. The molecule has 0 unspecified atom stereocenters. The number of hydrogen-bond acceptors (Lipinski definition) is 4. The second-order valence-corrected chi connectivity index (χ2v) is 1.72. The van der Waals surface area contributed by atoms with Crippen molar-refractivity contribution in [3.05, 3.63) is 5.82 Å². The van der Waals surface area contributed by atoms with E-state index in [1.807, 2.05) is 0 Å². The molecule has 0 aromatic carbocycles. The van der Waals surface area contributed by atoms with Crippen LogP contribution in [0.15, 0.2) is 0 Å². The Hall–Kier alpha value is -0.390. The van der Waals surface area contributed by atoms with Crippen LogP contribution in [0.3, 0.4) is 0 Å². The molecule has 0 bridgehead atoms. The molecule has 0 saturated carbocycles. The molecule has 0 aliphatic rings. The van der Waals surface area contributed by atoms with Crippen molar-refractivity contribution in [1.29, 1.82) is 0 Å². The first-order valence-electron chi connectivity index (χ1n) is 2.86. The summed E-state index contributed by atoms with van der Waals surface area (Å²) in [6, 6.07) is 0. The summed E-state index contributed by atoms with van der Waals surface area (Å²) < 4.78 is 0. The van der Waals surface area contributed by atoms with Gasteiger partial charge in [-0.1, -0.05) is 5.21 Å². The van der Waals surface area contributed by atoms with Crippen molar-refractivity contribution in [2.45, 2.75) is 12.8 Å². The van der Waals surface area contributed by atoms with E-state index in [0.717, 1.165) is 18.7 Å². The Morgan fingerprint density at radius 1 is 1.36 bits per heavy atom. The Balaban J connectivity index is 0. The molecule has 1 heterocycles. The van der Waals surface area contributed by atoms with Gasteiger partial charge in [0, 0.05) is 6.42 Å². The lowest BCUT2D eigenvalue weighted by Crippen LogP contribution is -2.01. The number of H-pyrrole nitrogens is 1. The van der Waals surface area contributed by atoms with E-state index in [2.05, 4.69) is 20.6 Å². The number of halogens is 2. The second kappa shape index (κ2) is 7.71. The number of tetrazole rings is 1. The highest BCUT2D eigenvalue weighted by Gasteiger charge is 1.93. The van der Waals surface area contributed by atoms with Gasteiger partial charge in [0.1, 0.15) is 0 Å². The van der Waals surface area contributed by atoms with Gasteiger partial charge < -0.3 is 5.73 Å². The molecule has 66 valence electrons. The fraction of sp³-hybridized carbons (Fsp3) is 0.750. The summed E-state index contributed by atoms with van der Waals surface area (Å²) in [5.74, 6) is 0.737. The first kappa shape index (κ1) is 13.2. The first-order chi connectivity index (χ1) is 4.43. The third-order valence-electron chi connectivity index (χ3n) is 0.994. The maximum atomic E-state index is 5.26. The monoisotopic (exact) mass is 199 g/mol.